The molecule has 0 aliphatic carbocycles. The van der Waals surface area contributed by atoms with E-state index in [1.165, 1.54) is 16.3 Å². The number of epoxide rings is 1. The molecule has 0 bridgehead atoms. The Morgan fingerprint density at radius 1 is 0.804 bits per heavy atom. The van der Waals surface area contributed by atoms with Crippen molar-refractivity contribution in [2.45, 2.75) is 135 Å². The Bertz CT molecular complexity index is 1770. The highest BCUT2D eigenvalue weighted by atomic mass is 28.4. The van der Waals surface area contributed by atoms with Crippen LogP contribution < -0.4 is 9.47 Å². The van der Waals surface area contributed by atoms with Gasteiger partial charge >= 0.3 is 0 Å². The number of fused-ring (bicyclic) bond motifs is 1. The lowest BCUT2D eigenvalue weighted by Crippen LogP contribution is -2.52. The van der Waals surface area contributed by atoms with Crippen LogP contribution in [0.2, 0.25) is 36.3 Å². The van der Waals surface area contributed by atoms with Crippen LogP contribution in [0.4, 0.5) is 0 Å². The van der Waals surface area contributed by atoms with E-state index in [1.54, 1.807) is 14.2 Å². The third-order valence-electron chi connectivity index (χ3n) is 12.7. The van der Waals surface area contributed by atoms with Gasteiger partial charge in [0.15, 0.2) is 28.1 Å². The average molecular weight is 805 g/mol. The largest absolute Gasteiger partial charge is 0.493 e. The molecule has 1 fully saturated rings. The zero-order chi connectivity index (χ0) is 41.6. The Morgan fingerprint density at radius 2 is 1.41 bits per heavy atom. The van der Waals surface area contributed by atoms with Gasteiger partial charge in [0.05, 0.1) is 39.6 Å². The van der Waals surface area contributed by atoms with Crippen molar-refractivity contribution >= 4 is 27.4 Å². The van der Waals surface area contributed by atoms with Crippen LogP contribution in [0, 0.1) is 11.8 Å². The van der Waals surface area contributed by atoms with Crippen molar-refractivity contribution in [1.29, 1.82) is 0 Å². The number of aliphatic hydroxyl groups excluding tert-OH is 1. The van der Waals surface area contributed by atoms with Crippen molar-refractivity contribution in [3.05, 3.63) is 96.1 Å². The molecule has 9 heteroatoms. The number of benzene rings is 3. The van der Waals surface area contributed by atoms with E-state index in [0.29, 0.717) is 37.6 Å². The Balaban J connectivity index is 1.74. The maximum atomic E-state index is 9.92. The van der Waals surface area contributed by atoms with Crippen molar-refractivity contribution in [1.82, 2.24) is 0 Å². The molecule has 0 unspecified atom stereocenters. The molecule has 7 nitrogen and oxygen atoms in total. The third-order valence-corrected chi connectivity index (χ3v) is 21.6. The molecule has 1 saturated heterocycles. The fraction of sp³-hybridized carbons (Fsp3) is 0.574. The molecule has 4 rings (SSSR count). The predicted octanol–water partition coefficient (Wildman–Crippen LogP) is 11.3. The molecule has 0 spiro atoms. The van der Waals surface area contributed by atoms with E-state index < -0.39 is 16.6 Å². The lowest BCUT2D eigenvalue weighted by Gasteiger charge is -2.47. The van der Waals surface area contributed by atoms with Crippen LogP contribution in [0.25, 0.3) is 10.8 Å². The lowest BCUT2D eigenvalue weighted by molar-refractivity contribution is 0.0360. The molecule has 0 radical (unpaired) electrons. The third kappa shape index (κ3) is 11.7. The number of hydrogen-bond donors (Lipinski definition) is 1. The van der Waals surface area contributed by atoms with Crippen LogP contribution in [0.5, 0.6) is 11.5 Å². The maximum absolute atomic E-state index is 9.92. The van der Waals surface area contributed by atoms with E-state index in [4.69, 9.17) is 34.4 Å². The second-order valence-electron chi connectivity index (χ2n) is 18.9. The minimum absolute atomic E-state index is 0.0269. The van der Waals surface area contributed by atoms with Gasteiger partial charge < -0.3 is 32.9 Å². The molecule has 0 amide bonds. The smallest absolute Gasteiger partial charge is 0.192 e. The first-order valence-electron chi connectivity index (χ1n) is 20.4. The van der Waals surface area contributed by atoms with Gasteiger partial charge in [-0.25, -0.2) is 0 Å². The molecule has 6 atom stereocenters. The van der Waals surface area contributed by atoms with Gasteiger partial charge in [-0.1, -0.05) is 104 Å². The Hall–Kier alpha value is -2.77. The zero-order valence-corrected chi connectivity index (χ0v) is 38.8. The SMILES string of the molecule is C=C([C@H](C)CCOCc1ccc2ccccc2c1)[C@H](O[Si](C)(C)C(C)(C)C)[C@@H](Cc1ccc(OC)c(OC)c1)[C@H](CC(=C)[C@@H]1O[C@H]1CO)O[Si](C)(C)C(C)(C)C. The standard InChI is InChI=1S/C47H72O7Si2/c1-32(24-25-51-31-36-20-22-37-18-16-17-19-38(37)27-36)34(3)45(54-56(14,15)47(7,8)9)39(28-35-21-23-40(49-10)42(29-35)50-11)41(53-55(12,13)46(4,5)6)26-33(2)44-43(30-48)52-44/h16-23,27,29,32,39,41,43-45,48H,2-3,24-26,28,30-31H2,1,4-15H3/t32-,39+,41+,43+,44+,45+/m1/s1. The molecule has 0 aromatic heterocycles. The first-order valence-corrected chi connectivity index (χ1v) is 26.2. The van der Waals surface area contributed by atoms with Crippen molar-refractivity contribution < 1.29 is 32.9 Å². The quantitative estimate of drug-likeness (QED) is 0.0497. The van der Waals surface area contributed by atoms with E-state index in [2.05, 4.69) is 136 Å². The summed E-state index contributed by atoms with van der Waals surface area (Å²) in [5.74, 6) is 1.35. The van der Waals surface area contributed by atoms with Gasteiger partial charge in [-0.2, -0.15) is 0 Å². The normalized spacial score (nSPS) is 18.6. The second-order valence-corrected chi connectivity index (χ2v) is 28.4. The Morgan fingerprint density at radius 3 is 2.00 bits per heavy atom. The van der Waals surface area contributed by atoms with E-state index in [9.17, 15) is 5.11 Å². The molecular formula is C47H72O7Si2. The summed E-state index contributed by atoms with van der Waals surface area (Å²) in [6.45, 7) is 35.8. The summed E-state index contributed by atoms with van der Waals surface area (Å²) in [6.07, 6.45) is 1.06. The van der Waals surface area contributed by atoms with E-state index >= 15 is 0 Å². The molecule has 3 aromatic carbocycles. The molecule has 1 aliphatic heterocycles. The van der Waals surface area contributed by atoms with Crippen LogP contribution in [-0.4, -0.2) is 73.6 Å². The number of rotatable bonds is 21. The molecule has 0 saturated carbocycles. The lowest BCUT2D eigenvalue weighted by atomic mass is 9.79. The molecule has 310 valence electrons. The highest BCUT2D eigenvalue weighted by Crippen LogP contribution is 2.45. The van der Waals surface area contributed by atoms with Crippen LogP contribution in [-0.2, 0) is 31.4 Å². The summed E-state index contributed by atoms with van der Waals surface area (Å²) in [5, 5.41) is 12.3. The maximum Gasteiger partial charge on any atom is 0.192 e. The number of hydrogen-bond acceptors (Lipinski definition) is 7. The summed E-state index contributed by atoms with van der Waals surface area (Å²) in [6, 6.07) is 21.1. The predicted molar refractivity (Wildman–Crippen MR) is 237 cm³/mol. The van der Waals surface area contributed by atoms with Gasteiger partial charge in [0.25, 0.3) is 0 Å². The van der Waals surface area contributed by atoms with Crippen molar-refractivity contribution in [3.63, 3.8) is 0 Å². The van der Waals surface area contributed by atoms with Gasteiger partial charge in [0.1, 0.15) is 12.2 Å². The molecule has 56 heavy (non-hydrogen) atoms. The number of ether oxygens (including phenoxy) is 4. The summed E-state index contributed by atoms with van der Waals surface area (Å²) in [5.41, 5.74) is 4.26. The fourth-order valence-electron chi connectivity index (χ4n) is 6.74. The van der Waals surface area contributed by atoms with Crippen LogP contribution >= 0.6 is 0 Å². The molecule has 1 heterocycles. The van der Waals surface area contributed by atoms with Crippen LogP contribution in [0.15, 0.2) is 85.0 Å². The highest BCUT2D eigenvalue weighted by Gasteiger charge is 2.48. The minimum Gasteiger partial charge on any atom is -0.493 e. The monoisotopic (exact) mass is 804 g/mol. The molecule has 1 aliphatic rings. The summed E-state index contributed by atoms with van der Waals surface area (Å²) in [4.78, 5) is 0. The summed E-state index contributed by atoms with van der Waals surface area (Å²) in [7, 11) is -1.36. The molecule has 3 aromatic rings. The van der Waals surface area contributed by atoms with E-state index in [0.717, 1.165) is 23.1 Å². The van der Waals surface area contributed by atoms with Gasteiger partial charge in [0, 0.05) is 12.5 Å². The second kappa shape index (κ2) is 18.9. The van der Waals surface area contributed by atoms with Crippen LogP contribution in [0.3, 0.4) is 0 Å². The number of methoxy groups -OCH3 is 2. The zero-order valence-electron chi connectivity index (χ0n) is 36.8. The van der Waals surface area contributed by atoms with Crippen molar-refractivity contribution in [2.75, 3.05) is 27.4 Å². The Kier molecular flexibility index (Phi) is 15.5. The Labute approximate surface area is 341 Å². The fourth-order valence-corrected chi connectivity index (χ4v) is 9.42. The van der Waals surface area contributed by atoms with Crippen LogP contribution in [0.1, 0.15) is 72.4 Å². The van der Waals surface area contributed by atoms with Crippen molar-refractivity contribution in [3.8, 4) is 11.5 Å². The molecular weight excluding hydrogens is 733 g/mol. The number of aliphatic hydroxyl groups is 1. The summed E-state index contributed by atoms with van der Waals surface area (Å²) < 4.78 is 38.7. The minimum atomic E-state index is -2.36. The highest BCUT2D eigenvalue weighted by molar-refractivity contribution is 6.74. The van der Waals surface area contributed by atoms with Gasteiger partial charge in [-0.05, 0) is 113 Å². The van der Waals surface area contributed by atoms with Gasteiger partial charge in [-0.15, -0.1) is 0 Å². The topological polar surface area (TPSA) is 78.9 Å². The van der Waals surface area contributed by atoms with E-state index in [1.807, 2.05) is 6.07 Å². The van der Waals surface area contributed by atoms with Gasteiger partial charge in [-0.3, -0.25) is 0 Å². The van der Waals surface area contributed by atoms with E-state index in [-0.39, 0.29) is 52.9 Å². The average Bonchev–Trinajstić information content (AvgIpc) is 3.93. The first-order chi connectivity index (χ1) is 26.1. The molecule has 1 N–H and O–H groups in total. The van der Waals surface area contributed by atoms with Crippen molar-refractivity contribution in [2.24, 2.45) is 11.8 Å². The van der Waals surface area contributed by atoms with Gasteiger partial charge in [0.2, 0.25) is 0 Å². The first kappa shape index (κ1) is 45.9. The summed E-state index contributed by atoms with van der Waals surface area (Å²) >= 11 is 0.